The van der Waals surface area contributed by atoms with Crippen LogP contribution in [0, 0.1) is 5.92 Å². The van der Waals surface area contributed by atoms with Gasteiger partial charge in [0.25, 0.3) is 0 Å². The maximum absolute atomic E-state index is 13.6. The van der Waals surface area contributed by atoms with Gasteiger partial charge in [0.2, 0.25) is 11.8 Å². The Kier molecular flexibility index (Phi) is 10.4. The van der Waals surface area contributed by atoms with Crippen LogP contribution in [0.2, 0.25) is 0 Å². The number of H-pyrrole nitrogens is 1. The highest BCUT2D eigenvalue weighted by Gasteiger charge is 2.34. The highest BCUT2D eigenvalue weighted by molar-refractivity contribution is 8.00. The fraction of sp³-hybridized carbons (Fsp3) is 0.519. The van der Waals surface area contributed by atoms with Crippen LogP contribution in [0.25, 0.3) is 10.9 Å². The lowest BCUT2D eigenvalue weighted by molar-refractivity contribution is -0.142. The minimum atomic E-state index is -1.24. The predicted molar refractivity (Wildman–Crippen MR) is 149 cm³/mol. The number of thioether (sulfide) groups is 1. The number of amides is 3. The predicted octanol–water partition coefficient (Wildman–Crippen LogP) is 2.23. The molecule has 12 nitrogen and oxygen atoms in total. The lowest BCUT2D eigenvalue weighted by Gasteiger charge is -2.34. The molecule has 0 aliphatic carbocycles. The van der Waals surface area contributed by atoms with Crippen LogP contribution in [0.4, 0.5) is 4.79 Å². The van der Waals surface area contributed by atoms with Crippen LogP contribution in [0.5, 0.6) is 0 Å². The molecule has 3 amide bonds. The second-order valence-corrected chi connectivity index (χ2v) is 11.7. The summed E-state index contributed by atoms with van der Waals surface area (Å²) in [6, 6.07) is 5.54. The number of carbonyl (C=O) groups is 5. The average molecular weight is 577 g/mol. The smallest absolute Gasteiger partial charge is 0.408 e. The second kappa shape index (κ2) is 13.6. The van der Waals surface area contributed by atoms with Gasteiger partial charge in [0.1, 0.15) is 17.7 Å². The van der Waals surface area contributed by atoms with E-state index in [4.69, 9.17) is 9.84 Å². The van der Waals surface area contributed by atoms with Crippen LogP contribution in [0.3, 0.4) is 0 Å². The number of hydrogen-bond acceptors (Lipinski definition) is 7. The zero-order valence-corrected chi connectivity index (χ0v) is 23.6. The van der Waals surface area contributed by atoms with E-state index in [0.717, 1.165) is 28.2 Å². The Morgan fingerprint density at radius 2 is 1.75 bits per heavy atom. The molecule has 218 valence electrons. The molecule has 2 heterocycles. The van der Waals surface area contributed by atoms with Gasteiger partial charge in [-0.25, -0.2) is 9.59 Å². The van der Waals surface area contributed by atoms with Crippen LogP contribution in [-0.4, -0.2) is 92.2 Å². The molecule has 40 heavy (non-hydrogen) atoms. The second-order valence-electron chi connectivity index (χ2n) is 10.7. The number of alkyl carbamates (subject to hydrolysis) is 1. The molecule has 1 aliphatic heterocycles. The van der Waals surface area contributed by atoms with E-state index < -0.39 is 47.5 Å². The minimum Gasteiger partial charge on any atom is -0.481 e. The third-order valence-electron chi connectivity index (χ3n) is 6.39. The number of aromatic nitrogens is 1. The summed E-state index contributed by atoms with van der Waals surface area (Å²) >= 11 is 0.909. The van der Waals surface area contributed by atoms with Crippen molar-refractivity contribution in [2.45, 2.75) is 57.7 Å². The van der Waals surface area contributed by atoms with E-state index >= 15 is 0 Å². The maximum atomic E-state index is 13.6. The van der Waals surface area contributed by atoms with Gasteiger partial charge in [0.15, 0.2) is 0 Å². The summed E-state index contributed by atoms with van der Waals surface area (Å²) in [6.07, 6.45) is 1.97. The number of piperidine rings is 1. The Bertz CT molecular complexity index is 1230. The van der Waals surface area contributed by atoms with E-state index in [1.807, 2.05) is 30.5 Å². The molecule has 5 N–H and O–H groups in total. The van der Waals surface area contributed by atoms with Crippen molar-refractivity contribution in [1.29, 1.82) is 0 Å². The van der Waals surface area contributed by atoms with Crippen LogP contribution in [0.1, 0.15) is 39.2 Å². The summed E-state index contributed by atoms with van der Waals surface area (Å²) in [5.74, 6) is -3.90. The van der Waals surface area contributed by atoms with E-state index in [2.05, 4.69) is 15.6 Å². The van der Waals surface area contributed by atoms with E-state index in [0.29, 0.717) is 12.8 Å². The fourth-order valence-corrected chi connectivity index (χ4v) is 5.24. The van der Waals surface area contributed by atoms with Gasteiger partial charge in [-0.15, -0.1) is 11.8 Å². The van der Waals surface area contributed by atoms with Gasteiger partial charge in [0, 0.05) is 48.3 Å². The van der Waals surface area contributed by atoms with Crippen LogP contribution >= 0.6 is 11.8 Å². The molecule has 1 saturated heterocycles. The number of carboxylic acid groups (broad SMARTS) is 2. The van der Waals surface area contributed by atoms with Crippen molar-refractivity contribution in [3.05, 3.63) is 36.0 Å². The number of carbonyl (C=O) groups excluding carboxylic acids is 3. The Morgan fingerprint density at radius 3 is 2.38 bits per heavy atom. The van der Waals surface area contributed by atoms with Gasteiger partial charge in [-0.05, 0) is 45.2 Å². The van der Waals surface area contributed by atoms with Crippen molar-refractivity contribution in [1.82, 2.24) is 20.5 Å². The lowest BCUT2D eigenvalue weighted by Crippen LogP contribution is -2.54. The average Bonchev–Trinajstić information content (AvgIpc) is 3.28. The largest absolute Gasteiger partial charge is 0.481 e. The topological polar surface area (TPSA) is 178 Å². The minimum absolute atomic E-state index is 0.0729. The zero-order chi connectivity index (χ0) is 29.4. The summed E-state index contributed by atoms with van der Waals surface area (Å²) in [5.41, 5.74) is 1.03. The highest BCUT2D eigenvalue weighted by atomic mass is 32.2. The van der Waals surface area contributed by atoms with Gasteiger partial charge in [-0.2, -0.15) is 0 Å². The van der Waals surface area contributed by atoms with Crippen molar-refractivity contribution in [2.24, 2.45) is 5.92 Å². The normalized spacial score (nSPS) is 15.7. The number of aromatic amines is 1. The molecular formula is C27H36N4O8S. The maximum Gasteiger partial charge on any atom is 0.408 e. The summed E-state index contributed by atoms with van der Waals surface area (Å²) in [7, 11) is 0. The number of likely N-dealkylation sites (tertiary alicyclic amines) is 1. The van der Waals surface area contributed by atoms with E-state index in [1.54, 1.807) is 25.7 Å². The molecule has 2 unspecified atom stereocenters. The molecule has 2 atom stereocenters. The number of carboxylic acids is 2. The molecule has 0 spiro atoms. The van der Waals surface area contributed by atoms with Crippen LogP contribution < -0.4 is 10.6 Å². The third-order valence-corrected chi connectivity index (χ3v) is 7.41. The monoisotopic (exact) mass is 576 g/mol. The van der Waals surface area contributed by atoms with Gasteiger partial charge < -0.3 is 35.5 Å². The zero-order valence-electron chi connectivity index (χ0n) is 22.8. The molecule has 0 radical (unpaired) electrons. The molecule has 1 fully saturated rings. The lowest BCUT2D eigenvalue weighted by atomic mass is 9.94. The molecule has 13 heteroatoms. The van der Waals surface area contributed by atoms with Crippen LogP contribution in [-0.2, 0) is 30.3 Å². The molecule has 0 bridgehead atoms. The van der Waals surface area contributed by atoms with Crippen molar-refractivity contribution >= 4 is 52.5 Å². The molecule has 0 saturated carbocycles. The third kappa shape index (κ3) is 8.90. The molecule has 2 aromatic rings. The number of benzene rings is 1. The van der Waals surface area contributed by atoms with Crippen molar-refractivity contribution in [3.8, 4) is 0 Å². The number of aliphatic carboxylic acids is 2. The first kappa shape index (κ1) is 30.8. The highest BCUT2D eigenvalue weighted by Crippen LogP contribution is 2.22. The van der Waals surface area contributed by atoms with E-state index in [9.17, 15) is 29.1 Å². The fourth-order valence-electron chi connectivity index (χ4n) is 4.48. The van der Waals surface area contributed by atoms with E-state index in [-0.39, 0.29) is 36.9 Å². The Hall–Kier alpha value is -3.74. The molecule has 3 rings (SSSR count). The SMILES string of the molecule is CC(C)(C)OC(=O)NC(Cc1c[nH]c2ccccc12)C(=O)N1CCC(C(=O)NC(CSCC(=O)O)C(=O)O)CC1. The Labute approximate surface area is 236 Å². The summed E-state index contributed by atoms with van der Waals surface area (Å²) in [5, 5.41) is 24.3. The number of hydrogen-bond donors (Lipinski definition) is 5. The first-order chi connectivity index (χ1) is 18.8. The summed E-state index contributed by atoms with van der Waals surface area (Å²) in [4.78, 5) is 66.0. The molecular weight excluding hydrogens is 540 g/mol. The first-order valence-electron chi connectivity index (χ1n) is 13.0. The standard InChI is InChI=1S/C27H36N4O8S/c1-27(2,3)39-26(38)30-20(12-17-13-28-19-7-5-4-6-18(17)19)24(35)31-10-8-16(9-11-31)23(34)29-21(25(36)37)14-40-15-22(32)33/h4-7,13,16,20-21,28H,8-12,14-15H2,1-3H3,(H,29,34)(H,30,38)(H,32,33)(H,36,37). The van der Waals surface area contributed by atoms with Gasteiger partial charge in [-0.3, -0.25) is 14.4 Å². The van der Waals surface area contributed by atoms with Crippen LogP contribution in [0.15, 0.2) is 30.5 Å². The number of ether oxygens (including phenoxy) is 1. The quantitative estimate of drug-likeness (QED) is 0.268. The Balaban J connectivity index is 1.64. The Morgan fingerprint density at radius 1 is 1.07 bits per heavy atom. The number of nitrogens with one attached hydrogen (secondary N) is 3. The first-order valence-corrected chi connectivity index (χ1v) is 14.2. The van der Waals surface area contributed by atoms with Crippen molar-refractivity contribution in [3.63, 3.8) is 0 Å². The molecule has 1 aromatic carbocycles. The van der Waals surface area contributed by atoms with Crippen molar-refractivity contribution < 1.29 is 38.9 Å². The summed E-state index contributed by atoms with van der Waals surface area (Å²) in [6.45, 7) is 5.71. The van der Waals surface area contributed by atoms with Gasteiger partial charge in [0.05, 0.1) is 5.75 Å². The molecule has 1 aliphatic rings. The number of rotatable bonds is 11. The van der Waals surface area contributed by atoms with Gasteiger partial charge >= 0.3 is 18.0 Å². The van der Waals surface area contributed by atoms with Crippen molar-refractivity contribution in [2.75, 3.05) is 24.6 Å². The number of para-hydroxylation sites is 1. The number of fused-ring (bicyclic) bond motifs is 1. The summed E-state index contributed by atoms with van der Waals surface area (Å²) < 4.78 is 5.39. The van der Waals surface area contributed by atoms with E-state index in [1.165, 1.54) is 0 Å². The number of nitrogens with zero attached hydrogens (tertiary/aromatic N) is 1. The molecule has 1 aromatic heterocycles. The van der Waals surface area contributed by atoms with Gasteiger partial charge in [-0.1, -0.05) is 18.2 Å².